The molecule has 0 saturated heterocycles. The zero-order chi connectivity index (χ0) is 22.4. The van der Waals surface area contributed by atoms with Crippen molar-refractivity contribution in [2.75, 3.05) is 10.8 Å². The lowest BCUT2D eigenvalue weighted by molar-refractivity contribution is -0.119. The van der Waals surface area contributed by atoms with Crippen LogP contribution in [-0.4, -0.2) is 27.1 Å². The van der Waals surface area contributed by atoms with Crippen LogP contribution in [0, 0.1) is 9.39 Å². The quantitative estimate of drug-likeness (QED) is 0.259. The lowest BCUT2D eigenvalue weighted by Crippen LogP contribution is -2.39. The number of nitrogens with zero attached hydrogens (tertiary/aromatic N) is 2. The molecule has 1 N–H and O–H groups in total. The van der Waals surface area contributed by atoms with Gasteiger partial charge in [0.05, 0.1) is 21.8 Å². The second kappa shape index (κ2) is 10.2. The summed E-state index contributed by atoms with van der Waals surface area (Å²) < 4.78 is 42.1. The lowest BCUT2D eigenvalue weighted by Gasteiger charge is -2.23. The van der Waals surface area contributed by atoms with Gasteiger partial charge in [0.1, 0.15) is 12.4 Å². The Morgan fingerprint density at radius 1 is 1.06 bits per heavy atom. The number of hydrazone groups is 1. The first-order valence-corrected chi connectivity index (χ1v) is 11.8. The van der Waals surface area contributed by atoms with Crippen molar-refractivity contribution in [3.8, 4) is 0 Å². The van der Waals surface area contributed by atoms with E-state index in [0.29, 0.717) is 5.69 Å². The first-order chi connectivity index (χ1) is 14.8. The van der Waals surface area contributed by atoms with Crippen molar-refractivity contribution in [3.05, 3.63) is 92.8 Å². The summed E-state index contributed by atoms with van der Waals surface area (Å²) in [6.45, 7) is -0.528. The van der Waals surface area contributed by atoms with Gasteiger partial charge in [-0.2, -0.15) is 5.10 Å². The summed E-state index contributed by atoms with van der Waals surface area (Å²) in [7, 11) is -4.02. The van der Waals surface area contributed by atoms with E-state index in [2.05, 4.69) is 33.1 Å². The van der Waals surface area contributed by atoms with E-state index in [1.54, 1.807) is 42.5 Å². The minimum Gasteiger partial charge on any atom is -0.271 e. The van der Waals surface area contributed by atoms with Crippen LogP contribution >= 0.6 is 34.2 Å². The number of anilines is 1. The first-order valence-electron chi connectivity index (χ1n) is 8.88. The average Bonchev–Trinajstić information content (AvgIpc) is 2.75. The zero-order valence-corrected chi connectivity index (χ0v) is 19.6. The molecule has 0 aliphatic heterocycles. The van der Waals surface area contributed by atoms with Crippen LogP contribution in [0.2, 0.25) is 5.02 Å². The molecule has 0 fully saturated rings. The van der Waals surface area contributed by atoms with Crippen molar-refractivity contribution in [2.24, 2.45) is 5.10 Å². The van der Waals surface area contributed by atoms with E-state index in [1.807, 2.05) is 0 Å². The summed E-state index contributed by atoms with van der Waals surface area (Å²) in [5.74, 6) is -1.31. The van der Waals surface area contributed by atoms with E-state index in [0.717, 1.165) is 14.1 Å². The number of carbonyl (C=O) groups excluding carboxylic acids is 1. The van der Waals surface area contributed by atoms with Gasteiger partial charge in [-0.15, -0.1) is 0 Å². The Morgan fingerprint density at radius 3 is 2.39 bits per heavy atom. The largest absolute Gasteiger partial charge is 0.271 e. The Kier molecular flexibility index (Phi) is 7.63. The molecule has 0 bridgehead atoms. The number of nitrogens with one attached hydrogen (secondary N) is 1. The number of benzene rings is 3. The molecule has 0 aliphatic rings. The smallest absolute Gasteiger partial charge is 0.264 e. The minimum absolute atomic E-state index is 0.0101. The van der Waals surface area contributed by atoms with E-state index in [9.17, 15) is 17.6 Å². The van der Waals surface area contributed by atoms with Gasteiger partial charge in [-0.1, -0.05) is 35.9 Å². The van der Waals surface area contributed by atoms with E-state index < -0.39 is 28.3 Å². The maximum atomic E-state index is 13.8. The van der Waals surface area contributed by atoms with Crippen LogP contribution in [-0.2, 0) is 14.8 Å². The molecule has 3 aromatic rings. The molecular weight excluding hydrogens is 556 g/mol. The third kappa shape index (κ3) is 5.81. The molecule has 6 nitrogen and oxygen atoms in total. The number of halogens is 3. The molecule has 0 spiro atoms. The molecule has 3 aromatic carbocycles. The van der Waals surface area contributed by atoms with Gasteiger partial charge in [0.2, 0.25) is 0 Å². The van der Waals surface area contributed by atoms with Crippen molar-refractivity contribution in [2.45, 2.75) is 4.90 Å². The Morgan fingerprint density at radius 2 is 1.74 bits per heavy atom. The summed E-state index contributed by atoms with van der Waals surface area (Å²) in [6.07, 6.45) is 1.07. The van der Waals surface area contributed by atoms with Crippen molar-refractivity contribution in [1.29, 1.82) is 0 Å². The highest BCUT2D eigenvalue weighted by atomic mass is 127. The topological polar surface area (TPSA) is 78.8 Å². The summed E-state index contributed by atoms with van der Waals surface area (Å²) in [5.41, 5.74) is 2.55. The molecule has 1 amide bonds. The predicted octanol–water partition coefficient (Wildman–Crippen LogP) is 4.43. The fourth-order valence-electron chi connectivity index (χ4n) is 2.61. The summed E-state index contributed by atoms with van der Waals surface area (Å²) in [4.78, 5) is 12.5. The summed E-state index contributed by atoms with van der Waals surface area (Å²) in [5, 5.41) is 3.84. The maximum Gasteiger partial charge on any atom is 0.264 e. The summed E-state index contributed by atoms with van der Waals surface area (Å²) >= 11 is 8.02. The van der Waals surface area contributed by atoms with Gasteiger partial charge in [-0.3, -0.25) is 9.10 Å². The van der Waals surface area contributed by atoms with Crippen LogP contribution in [0.4, 0.5) is 10.1 Å². The van der Waals surface area contributed by atoms with Crippen LogP contribution in [0.1, 0.15) is 5.56 Å². The van der Waals surface area contributed by atoms with Gasteiger partial charge in [0.15, 0.2) is 0 Å². The lowest BCUT2D eigenvalue weighted by atomic mass is 10.2. The first kappa shape index (κ1) is 23.2. The third-order valence-corrected chi connectivity index (χ3v) is 6.95. The Bertz CT molecular complexity index is 1190. The fourth-order valence-corrected chi connectivity index (χ4v) is 4.62. The van der Waals surface area contributed by atoms with Gasteiger partial charge in [-0.05, 0) is 71.1 Å². The van der Waals surface area contributed by atoms with Crippen molar-refractivity contribution < 1.29 is 17.6 Å². The number of carbonyl (C=O) groups is 1. The molecule has 10 heteroatoms. The van der Waals surface area contributed by atoms with Gasteiger partial charge in [0, 0.05) is 9.13 Å². The molecule has 160 valence electrons. The van der Waals surface area contributed by atoms with Gasteiger partial charge >= 0.3 is 0 Å². The standard InChI is InChI=1S/C21H16ClFIN3O3S/c22-19-7-4-8-20(23)18(19)13-25-26-21(28)14-27(16-11-9-15(24)10-12-16)31(29,30)17-5-2-1-3-6-17/h1-13H,14H2,(H,26,28)/b25-13-. The van der Waals surface area contributed by atoms with Gasteiger partial charge < -0.3 is 0 Å². The fraction of sp³-hybridized carbons (Fsp3) is 0.0476. The maximum absolute atomic E-state index is 13.8. The molecule has 0 radical (unpaired) electrons. The van der Waals surface area contributed by atoms with Crippen LogP contribution in [0.15, 0.2) is 82.8 Å². The normalized spacial score (nSPS) is 11.5. The van der Waals surface area contributed by atoms with E-state index >= 15 is 0 Å². The van der Waals surface area contributed by atoms with Gasteiger partial charge in [0.25, 0.3) is 15.9 Å². The summed E-state index contributed by atoms with van der Waals surface area (Å²) in [6, 6.07) is 18.6. The molecule has 0 saturated carbocycles. The second-order valence-corrected chi connectivity index (χ2v) is 9.74. The van der Waals surface area contributed by atoms with E-state index in [1.165, 1.54) is 30.3 Å². The monoisotopic (exact) mass is 571 g/mol. The second-order valence-electron chi connectivity index (χ2n) is 6.23. The minimum atomic E-state index is -4.02. The van der Waals surface area contributed by atoms with Crippen molar-refractivity contribution >= 4 is 62.0 Å². The molecule has 0 aliphatic carbocycles. The van der Waals surface area contributed by atoms with Gasteiger partial charge in [-0.25, -0.2) is 18.2 Å². The highest BCUT2D eigenvalue weighted by molar-refractivity contribution is 14.1. The highest BCUT2D eigenvalue weighted by Crippen LogP contribution is 2.24. The predicted molar refractivity (Wildman–Crippen MR) is 127 cm³/mol. The van der Waals surface area contributed by atoms with Crippen LogP contribution < -0.4 is 9.73 Å². The number of sulfonamides is 1. The number of hydrogen-bond acceptors (Lipinski definition) is 4. The van der Waals surface area contributed by atoms with E-state index in [-0.39, 0.29) is 15.5 Å². The Balaban J connectivity index is 1.84. The van der Waals surface area contributed by atoms with Crippen LogP contribution in [0.3, 0.4) is 0 Å². The van der Waals surface area contributed by atoms with Crippen molar-refractivity contribution in [1.82, 2.24) is 5.43 Å². The highest BCUT2D eigenvalue weighted by Gasteiger charge is 2.27. The Hall–Kier alpha value is -2.50. The Labute approximate surface area is 197 Å². The van der Waals surface area contributed by atoms with E-state index in [4.69, 9.17) is 11.6 Å². The average molecular weight is 572 g/mol. The molecule has 0 unspecified atom stereocenters. The molecular formula is C21H16ClFIN3O3S. The van der Waals surface area contributed by atoms with Crippen molar-refractivity contribution in [3.63, 3.8) is 0 Å². The third-order valence-electron chi connectivity index (χ3n) is 4.12. The van der Waals surface area contributed by atoms with Crippen LogP contribution in [0.25, 0.3) is 0 Å². The SMILES string of the molecule is O=C(CN(c1ccc(I)cc1)S(=O)(=O)c1ccccc1)N/N=C\c1c(F)cccc1Cl. The molecule has 0 aromatic heterocycles. The van der Waals surface area contributed by atoms with Crippen LogP contribution in [0.5, 0.6) is 0 Å². The zero-order valence-electron chi connectivity index (χ0n) is 15.9. The number of amides is 1. The molecule has 0 atom stereocenters. The molecule has 0 heterocycles. The number of hydrogen-bond donors (Lipinski definition) is 1. The number of rotatable bonds is 7. The molecule has 31 heavy (non-hydrogen) atoms. The molecule has 3 rings (SSSR count).